The predicted molar refractivity (Wildman–Crippen MR) is 89.1 cm³/mol. The maximum absolute atomic E-state index is 12.2. The van der Waals surface area contributed by atoms with Crippen LogP contribution in [-0.2, 0) is 14.4 Å². The molecule has 23 heavy (non-hydrogen) atoms. The fourth-order valence-electron chi connectivity index (χ4n) is 2.60. The van der Waals surface area contributed by atoms with Gasteiger partial charge in [0.15, 0.2) is 0 Å². The summed E-state index contributed by atoms with van der Waals surface area (Å²) in [4.78, 5) is 38.9. The number of carbonyl (C=O) groups excluding carboxylic acids is 3. The summed E-state index contributed by atoms with van der Waals surface area (Å²) in [6.07, 6.45) is 2.51. The number of nitrogens with one attached hydrogen (secondary N) is 2. The summed E-state index contributed by atoms with van der Waals surface area (Å²) in [5, 5.41) is 5.52. The monoisotopic (exact) mass is 335 g/mol. The van der Waals surface area contributed by atoms with Crippen molar-refractivity contribution in [3.8, 4) is 0 Å². The van der Waals surface area contributed by atoms with Gasteiger partial charge in [-0.25, -0.2) is 0 Å². The quantitative estimate of drug-likeness (QED) is 0.420. The largest absolute Gasteiger partial charge is 0.356 e. The third-order valence-corrected chi connectivity index (χ3v) is 3.95. The molecule has 7 nitrogen and oxygen atoms in total. The Kier molecular flexibility index (Phi) is 8.79. The number of likely N-dealkylation sites (N-methyl/N-ethyl adjacent to an activating group) is 1. The Bertz CT molecular complexity index is 412. The second-order valence-corrected chi connectivity index (χ2v) is 6.34. The van der Waals surface area contributed by atoms with E-state index >= 15 is 0 Å². The molecule has 0 saturated carbocycles. The molecule has 7 heteroatoms. The van der Waals surface area contributed by atoms with Crippen LogP contribution in [0.15, 0.2) is 0 Å². The van der Waals surface area contributed by atoms with Gasteiger partial charge in [-0.1, -0.05) is 0 Å². The van der Waals surface area contributed by atoms with Crippen molar-refractivity contribution in [2.45, 2.75) is 38.6 Å². The van der Waals surface area contributed by atoms with Gasteiger partial charge in [-0.3, -0.25) is 19.3 Å². The van der Waals surface area contributed by atoms with Crippen LogP contribution in [0.25, 0.3) is 0 Å². The van der Waals surface area contributed by atoms with E-state index in [0.717, 1.165) is 32.5 Å². The van der Waals surface area contributed by atoms with E-state index in [-0.39, 0.29) is 30.1 Å². The van der Waals surface area contributed by atoms with E-state index in [1.165, 1.54) is 6.92 Å². The van der Waals surface area contributed by atoms with Crippen molar-refractivity contribution in [3.05, 3.63) is 0 Å². The molecule has 1 atom stereocenters. The van der Waals surface area contributed by atoms with E-state index in [1.54, 1.807) is 0 Å². The van der Waals surface area contributed by atoms with Crippen molar-refractivity contribution >= 4 is 17.6 Å². The summed E-state index contributed by atoms with van der Waals surface area (Å²) in [5.41, 5.74) is 0. The zero-order valence-corrected chi connectivity index (χ0v) is 14.6. The van der Waals surface area contributed by atoms with Crippen LogP contribution in [0.5, 0.6) is 0 Å². The number of rotatable bonds is 10. The van der Waals surface area contributed by atoms with Gasteiger partial charge in [0.1, 0.15) is 5.78 Å². The molecule has 1 aliphatic heterocycles. The van der Waals surface area contributed by atoms with Crippen LogP contribution in [0.1, 0.15) is 32.6 Å². The molecule has 1 aliphatic rings. The zero-order chi connectivity index (χ0) is 17.2. The second-order valence-electron chi connectivity index (χ2n) is 6.34. The van der Waals surface area contributed by atoms with Gasteiger partial charge in [0.2, 0.25) is 11.8 Å². The number of carbonyl (C=O) groups is 3. The Labute approximate surface area is 138 Å². The third kappa shape index (κ3) is 8.08. The molecular weight excluding hydrogens is 305 g/mol. The van der Waals surface area contributed by atoms with E-state index in [4.69, 9.17) is 0 Å². The highest BCUT2D eigenvalue weighted by Gasteiger charge is 2.30. The topological polar surface area (TPSA) is 81.8 Å². The molecule has 0 aliphatic carbocycles. The molecule has 0 aromatic carbocycles. The summed E-state index contributed by atoms with van der Waals surface area (Å²) < 4.78 is 0. The number of amides is 2. The normalized spacial score (nSPS) is 18.2. The molecule has 1 unspecified atom stereocenters. The van der Waals surface area contributed by atoms with Crippen LogP contribution in [0.4, 0.5) is 0 Å². The van der Waals surface area contributed by atoms with Crippen molar-refractivity contribution in [3.63, 3.8) is 0 Å². The molecule has 0 radical (unpaired) electrons. The minimum absolute atomic E-state index is 0.0118. The number of Topliss-reactive ketones (excluding diaryl/α,β-unsaturated/α-hetero) is 1. The van der Waals surface area contributed by atoms with Crippen LogP contribution in [0.2, 0.25) is 0 Å². The lowest BCUT2D eigenvalue weighted by Crippen LogP contribution is -2.46. The maximum Gasteiger partial charge on any atom is 0.237 e. The van der Waals surface area contributed by atoms with Gasteiger partial charge in [-0.15, -0.1) is 0 Å². The fourth-order valence-corrected chi connectivity index (χ4v) is 2.60. The molecule has 2 amide bonds. The van der Waals surface area contributed by atoms with Gasteiger partial charge in [0.05, 0.1) is 6.04 Å². The van der Waals surface area contributed by atoms with Gasteiger partial charge in [0, 0.05) is 39.0 Å². The molecule has 2 N–H and O–H groups in total. The average molecular weight is 335 g/mol. The molecule has 0 aromatic rings. The minimum Gasteiger partial charge on any atom is -0.356 e. The summed E-state index contributed by atoms with van der Waals surface area (Å²) in [7, 11) is 4.05. The standard InChI is InChI=1S/C16H30N4O3/c1-13(21)6-8-17-15(22)7-9-18-16(23)14-5-4-10-20(14)12-11-19(2)3/h14H,4-12H2,1-3H3,(H,17,22)(H,18,23)/i6+1,7+1,8+1,9+1,13+1,15+1,16+1,19+1,20+1. The Morgan fingerprint density at radius 2 is 1.83 bits per heavy atom. The van der Waals surface area contributed by atoms with Crippen LogP contribution in [0, 0.1) is 0 Å². The first kappa shape index (κ1) is 19.6. The van der Waals surface area contributed by atoms with Gasteiger partial charge in [-0.2, -0.15) is 0 Å². The highest BCUT2D eigenvalue weighted by atomic mass is 16.2. The van der Waals surface area contributed by atoms with Gasteiger partial charge < -0.3 is 15.5 Å². The smallest absolute Gasteiger partial charge is 0.237 e. The van der Waals surface area contributed by atoms with Crippen LogP contribution in [0.3, 0.4) is 0 Å². The summed E-state index contributed by atoms with van der Waals surface area (Å²) in [6, 6.07) is -0.0734. The van der Waals surface area contributed by atoms with E-state index < -0.39 is 0 Å². The van der Waals surface area contributed by atoms with Crippen molar-refractivity contribution in [1.82, 2.24) is 20.4 Å². The van der Waals surface area contributed by atoms with Crippen molar-refractivity contribution in [2.75, 3.05) is 46.8 Å². The molecule has 1 saturated heterocycles. The van der Waals surface area contributed by atoms with E-state index in [9.17, 15) is 14.4 Å². The summed E-state index contributed by atoms with van der Waals surface area (Å²) in [5.74, 6) is -0.0714. The van der Waals surface area contributed by atoms with Crippen LogP contribution < -0.4 is 10.6 Å². The lowest BCUT2D eigenvalue weighted by Gasteiger charge is -2.25. The summed E-state index contributed by atoms with van der Waals surface area (Å²) >= 11 is 0. The van der Waals surface area contributed by atoms with Crippen LogP contribution in [-0.4, -0.2) is 80.3 Å². The first-order valence-corrected chi connectivity index (χ1v) is 8.32. The Balaban J connectivity index is 2.22. The number of nitrogens with zero attached hydrogens (tertiary/aromatic N) is 2. The van der Waals surface area contributed by atoms with E-state index in [1.807, 2.05) is 14.1 Å². The molecule has 1 heterocycles. The molecule has 132 valence electrons. The van der Waals surface area contributed by atoms with Gasteiger partial charge in [-0.05, 0) is 40.4 Å². The van der Waals surface area contributed by atoms with E-state index in [2.05, 4.69) is 20.4 Å². The maximum atomic E-state index is 12.2. The molecule has 0 bridgehead atoms. The highest BCUT2D eigenvalue weighted by molar-refractivity contribution is 5.83. The lowest BCUT2D eigenvalue weighted by molar-refractivity contribution is -0.125. The fraction of sp³-hybridized carbons (Fsp3) is 0.812. The Hall–Kier alpha value is -1.47. The SMILES string of the molecule is C[13C](=O)[13CH2][13CH2]N[13C](=O)[13CH2][13CH2]N[13C](=O)C1CCC[15N]1CC[15N](C)C. The first-order chi connectivity index (χ1) is 10.9. The number of ketones is 1. The molecule has 1 fully saturated rings. The number of hydrogen-bond donors (Lipinski definition) is 2. The minimum atomic E-state index is -0.137. The predicted octanol–water partition coefficient (Wildman–Crippen LogP) is -0.386. The molecular formula is C16H30N4O3. The molecule has 0 spiro atoms. The molecule has 0 aromatic heterocycles. The zero-order valence-electron chi connectivity index (χ0n) is 14.6. The third-order valence-electron chi connectivity index (χ3n) is 3.95. The van der Waals surface area contributed by atoms with Crippen LogP contribution >= 0.6 is 0 Å². The molecule has 1 rings (SSSR count). The van der Waals surface area contributed by atoms with Crippen molar-refractivity contribution < 1.29 is 14.4 Å². The van der Waals surface area contributed by atoms with Gasteiger partial charge >= 0.3 is 0 Å². The van der Waals surface area contributed by atoms with E-state index in [0.29, 0.717) is 19.5 Å². The number of hydrogen-bond acceptors (Lipinski definition) is 5. The number of likely N-dealkylation sites (tertiary alicyclic amines) is 1. The lowest BCUT2D eigenvalue weighted by atomic mass is 10.3. The second kappa shape index (κ2) is 10.3. The van der Waals surface area contributed by atoms with Crippen molar-refractivity contribution in [1.29, 1.82) is 0 Å². The average Bonchev–Trinajstić information content (AvgIpc) is 2.93. The Morgan fingerprint density at radius 3 is 2.48 bits per heavy atom. The Morgan fingerprint density at radius 1 is 1.13 bits per heavy atom. The van der Waals surface area contributed by atoms with Gasteiger partial charge in [0.25, 0.3) is 0 Å². The first-order valence-electron chi connectivity index (χ1n) is 8.32. The van der Waals surface area contributed by atoms with Crippen molar-refractivity contribution in [2.24, 2.45) is 0 Å². The highest BCUT2D eigenvalue weighted by Crippen LogP contribution is 2.16. The summed E-state index contributed by atoms with van der Waals surface area (Å²) in [6.45, 7) is 4.97.